The van der Waals surface area contributed by atoms with Crippen molar-refractivity contribution in [3.63, 3.8) is 0 Å². The number of fused-ring (bicyclic) bond motifs is 1. The van der Waals surface area contributed by atoms with E-state index in [2.05, 4.69) is 4.98 Å². The summed E-state index contributed by atoms with van der Waals surface area (Å²) in [4.78, 5) is 4.24. The van der Waals surface area contributed by atoms with Gasteiger partial charge in [-0.25, -0.2) is 9.37 Å². The number of aliphatic hydroxyl groups excluding tert-OH is 1. The van der Waals surface area contributed by atoms with Crippen LogP contribution in [0.4, 0.5) is 4.39 Å². The van der Waals surface area contributed by atoms with Crippen molar-refractivity contribution in [3.8, 4) is 11.3 Å². The van der Waals surface area contributed by atoms with Gasteiger partial charge in [-0.05, 0) is 23.8 Å². The summed E-state index contributed by atoms with van der Waals surface area (Å²) < 4.78 is 14.3. The van der Waals surface area contributed by atoms with Crippen LogP contribution in [0.2, 0.25) is 5.15 Å². The molecule has 3 aromatic rings. The molecular weight excluding hydrogens is 285 g/mol. The van der Waals surface area contributed by atoms with Gasteiger partial charge in [-0.1, -0.05) is 23.7 Å². The predicted octanol–water partition coefficient (Wildman–Crippen LogP) is 4.25. The lowest BCUT2D eigenvalue weighted by atomic mass is 10.1. The number of nitrogens with zero attached hydrogens (tertiary/aromatic N) is 1. The summed E-state index contributed by atoms with van der Waals surface area (Å²) in [7, 11) is 0. The third-order valence-electron chi connectivity index (χ3n) is 2.86. The van der Waals surface area contributed by atoms with Gasteiger partial charge in [-0.2, -0.15) is 0 Å². The Morgan fingerprint density at radius 1 is 1.32 bits per heavy atom. The van der Waals surface area contributed by atoms with Crippen LogP contribution in [0.15, 0.2) is 35.7 Å². The first-order valence-corrected chi connectivity index (χ1v) is 6.88. The highest BCUT2D eigenvalue weighted by atomic mass is 35.5. The zero-order chi connectivity index (χ0) is 13.4. The van der Waals surface area contributed by atoms with Crippen molar-refractivity contribution in [1.29, 1.82) is 0 Å². The summed E-state index contributed by atoms with van der Waals surface area (Å²) in [5.74, 6) is -0.238. The van der Waals surface area contributed by atoms with Crippen molar-refractivity contribution < 1.29 is 9.50 Å². The second-order valence-electron chi connectivity index (χ2n) is 4.11. The molecule has 96 valence electrons. The van der Waals surface area contributed by atoms with Crippen LogP contribution in [0.25, 0.3) is 21.3 Å². The third kappa shape index (κ3) is 2.23. The van der Waals surface area contributed by atoms with E-state index >= 15 is 0 Å². The second kappa shape index (κ2) is 4.89. The van der Waals surface area contributed by atoms with E-state index in [1.807, 2.05) is 11.4 Å². The normalized spacial score (nSPS) is 11.1. The zero-order valence-corrected chi connectivity index (χ0v) is 11.3. The van der Waals surface area contributed by atoms with Crippen molar-refractivity contribution in [1.82, 2.24) is 4.98 Å². The predicted molar refractivity (Wildman–Crippen MR) is 75.9 cm³/mol. The maximum atomic E-state index is 13.7. The standard InChI is InChI=1S/C14H9ClFNOS/c15-13-5-8(6-18)4-12(17-13)10-7-19-14-9(10)2-1-3-11(14)16/h1-5,7,18H,6H2. The van der Waals surface area contributed by atoms with Gasteiger partial charge in [0.15, 0.2) is 0 Å². The molecule has 0 amide bonds. The number of aliphatic hydroxyl groups is 1. The van der Waals surface area contributed by atoms with Gasteiger partial charge in [0.25, 0.3) is 0 Å². The lowest BCUT2D eigenvalue weighted by Crippen LogP contribution is -1.89. The van der Waals surface area contributed by atoms with Gasteiger partial charge in [-0.3, -0.25) is 0 Å². The lowest BCUT2D eigenvalue weighted by Gasteiger charge is -2.03. The summed E-state index contributed by atoms with van der Waals surface area (Å²) in [5, 5.41) is 12.2. The van der Waals surface area contributed by atoms with E-state index < -0.39 is 0 Å². The molecule has 0 radical (unpaired) electrons. The topological polar surface area (TPSA) is 33.1 Å². The molecular formula is C14H9ClFNOS. The summed E-state index contributed by atoms with van der Waals surface area (Å²) >= 11 is 7.27. The molecule has 2 heterocycles. The summed E-state index contributed by atoms with van der Waals surface area (Å²) in [6.07, 6.45) is 0. The molecule has 2 aromatic heterocycles. The van der Waals surface area contributed by atoms with Crippen molar-refractivity contribution in [2.24, 2.45) is 0 Å². The lowest BCUT2D eigenvalue weighted by molar-refractivity contribution is 0.282. The molecule has 0 bridgehead atoms. The minimum absolute atomic E-state index is 0.105. The fourth-order valence-electron chi connectivity index (χ4n) is 2.00. The van der Waals surface area contributed by atoms with Crippen molar-refractivity contribution in [2.75, 3.05) is 0 Å². The summed E-state index contributed by atoms with van der Waals surface area (Å²) in [5.41, 5.74) is 2.16. The Balaban J connectivity index is 2.25. The largest absolute Gasteiger partial charge is 0.392 e. The van der Waals surface area contributed by atoms with Gasteiger partial charge in [0, 0.05) is 16.3 Å². The van der Waals surface area contributed by atoms with Crippen LogP contribution in [0.3, 0.4) is 0 Å². The number of benzene rings is 1. The molecule has 0 aliphatic carbocycles. The molecule has 0 spiro atoms. The molecule has 0 fully saturated rings. The second-order valence-corrected chi connectivity index (χ2v) is 5.37. The van der Waals surface area contributed by atoms with Crippen molar-refractivity contribution in [3.05, 3.63) is 52.2 Å². The van der Waals surface area contributed by atoms with Crippen LogP contribution in [0.1, 0.15) is 5.56 Å². The molecule has 0 unspecified atom stereocenters. The fourth-order valence-corrected chi connectivity index (χ4v) is 3.20. The van der Waals surface area contributed by atoms with E-state index in [9.17, 15) is 9.50 Å². The van der Waals surface area contributed by atoms with Crippen LogP contribution >= 0.6 is 22.9 Å². The molecule has 0 aliphatic rings. The van der Waals surface area contributed by atoms with Crippen LogP contribution in [0, 0.1) is 5.82 Å². The van der Waals surface area contributed by atoms with Crippen LogP contribution in [-0.2, 0) is 6.61 Å². The molecule has 0 atom stereocenters. The first kappa shape index (κ1) is 12.5. The smallest absolute Gasteiger partial charge is 0.141 e. The van der Waals surface area contributed by atoms with Gasteiger partial charge in [-0.15, -0.1) is 11.3 Å². The Kier molecular flexibility index (Phi) is 3.22. The molecule has 0 aliphatic heterocycles. The Morgan fingerprint density at radius 3 is 2.95 bits per heavy atom. The van der Waals surface area contributed by atoms with Crippen LogP contribution in [-0.4, -0.2) is 10.1 Å². The number of rotatable bonds is 2. The average Bonchev–Trinajstić information content (AvgIpc) is 2.83. The van der Waals surface area contributed by atoms with E-state index in [0.29, 0.717) is 21.1 Å². The minimum atomic E-state index is -0.238. The van der Waals surface area contributed by atoms with E-state index in [0.717, 1.165) is 10.9 Å². The molecule has 0 saturated carbocycles. The Labute approximate surface area is 118 Å². The van der Waals surface area contributed by atoms with Crippen molar-refractivity contribution in [2.45, 2.75) is 6.61 Å². The zero-order valence-electron chi connectivity index (χ0n) is 9.73. The Morgan fingerprint density at radius 2 is 2.16 bits per heavy atom. The molecule has 1 aromatic carbocycles. The number of aromatic nitrogens is 1. The molecule has 2 nitrogen and oxygen atoms in total. The van der Waals surface area contributed by atoms with Crippen LogP contribution in [0.5, 0.6) is 0 Å². The highest BCUT2D eigenvalue weighted by Crippen LogP contribution is 2.35. The van der Waals surface area contributed by atoms with E-state index in [-0.39, 0.29) is 12.4 Å². The van der Waals surface area contributed by atoms with Crippen molar-refractivity contribution >= 4 is 33.0 Å². The molecule has 3 rings (SSSR count). The molecule has 19 heavy (non-hydrogen) atoms. The van der Waals surface area contributed by atoms with Gasteiger partial charge in [0.05, 0.1) is 17.0 Å². The highest BCUT2D eigenvalue weighted by molar-refractivity contribution is 7.17. The molecule has 5 heteroatoms. The Bertz CT molecular complexity index is 756. The average molecular weight is 294 g/mol. The number of hydrogen-bond donors (Lipinski definition) is 1. The number of hydrogen-bond acceptors (Lipinski definition) is 3. The van der Waals surface area contributed by atoms with E-state index in [1.54, 1.807) is 18.2 Å². The molecule has 1 N–H and O–H groups in total. The SMILES string of the molecule is OCc1cc(Cl)nc(-c2csc3c(F)cccc23)c1. The maximum absolute atomic E-state index is 13.7. The van der Waals surface area contributed by atoms with Crippen LogP contribution < -0.4 is 0 Å². The summed E-state index contributed by atoms with van der Waals surface area (Å²) in [6.45, 7) is -0.105. The first-order chi connectivity index (χ1) is 9.19. The van der Waals surface area contributed by atoms with Gasteiger partial charge in [0.2, 0.25) is 0 Å². The maximum Gasteiger partial charge on any atom is 0.141 e. The number of thiophene rings is 1. The van der Waals surface area contributed by atoms with E-state index in [4.69, 9.17) is 11.6 Å². The quantitative estimate of drug-likeness (QED) is 0.717. The fraction of sp³-hybridized carbons (Fsp3) is 0.0714. The van der Waals surface area contributed by atoms with E-state index in [1.165, 1.54) is 17.4 Å². The van der Waals surface area contributed by atoms with Gasteiger partial charge >= 0.3 is 0 Å². The summed E-state index contributed by atoms with van der Waals surface area (Å²) in [6, 6.07) is 8.34. The monoisotopic (exact) mass is 293 g/mol. The number of halogens is 2. The number of pyridine rings is 1. The minimum Gasteiger partial charge on any atom is -0.392 e. The van der Waals surface area contributed by atoms with Gasteiger partial charge in [0.1, 0.15) is 11.0 Å². The van der Waals surface area contributed by atoms with Gasteiger partial charge < -0.3 is 5.11 Å². The third-order valence-corrected chi connectivity index (χ3v) is 4.06. The Hall–Kier alpha value is -1.49. The first-order valence-electron chi connectivity index (χ1n) is 5.62. The highest BCUT2D eigenvalue weighted by Gasteiger charge is 2.11. The molecule has 0 saturated heterocycles.